The molecule has 4 heteroatoms. The highest BCUT2D eigenvalue weighted by Gasteiger charge is 2.28. The fraction of sp³-hybridized carbons (Fsp3) is 0.562. The molecule has 0 aromatic heterocycles. The second kappa shape index (κ2) is 6.25. The SMILES string of the molecule is CC(C)OC(=O)[C@H]1CC[C@H](c2ccc(N)c(F)c2)CC1. The van der Waals surface area contributed by atoms with E-state index in [2.05, 4.69) is 0 Å². The molecule has 0 bridgehead atoms. The number of rotatable bonds is 3. The molecular weight excluding hydrogens is 257 g/mol. The first-order valence-electron chi connectivity index (χ1n) is 7.22. The molecule has 0 saturated heterocycles. The van der Waals surface area contributed by atoms with Crippen molar-refractivity contribution in [2.75, 3.05) is 5.73 Å². The molecule has 0 heterocycles. The van der Waals surface area contributed by atoms with Crippen LogP contribution in [-0.2, 0) is 9.53 Å². The number of nitrogen functional groups attached to an aromatic ring is 1. The fourth-order valence-corrected chi connectivity index (χ4v) is 2.79. The number of halogens is 1. The lowest BCUT2D eigenvalue weighted by atomic mass is 9.78. The average molecular weight is 279 g/mol. The Bertz CT molecular complexity index is 479. The van der Waals surface area contributed by atoms with Crippen LogP contribution in [0.4, 0.5) is 10.1 Å². The van der Waals surface area contributed by atoms with Crippen LogP contribution in [0.1, 0.15) is 51.0 Å². The maximum absolute atomic E-state index is 13.5. The molecule has 1 saturated carbocycles. The lowest BCUT2D eigenvalue weighted by Gasteiger charge is -2.28. The van der Waals surface area contributed by atoms with E-state index < -0.39 is 0 Å². The van der Waals surface area contributed by atoms with Gasteiger partial charge in [-0.2, -0.15) is 0 Å². The summed E-state index contributed by atoms with van der Waals surface area (Å²) < 4.78 is 18.7. The number of anilines is 1. The third kappa shape index (κ3) is 3.50. The van der Waals surface area contributed by atoms with Crippen LogP contribution in [-0.4, -0.2) is 12.1 Å². The van der Waals surface area contributed by atoms with E-state index >= 15 is 0 Å². The maximum Gasteiger partial charge on any atom is 0.309 e. The smallest absolute Gasteiger partial charge is 0.309 e. The van der Waals surface area contributed by atoms with Crippen LogP contribution in [0.25, 0.3) is 0 Å². The first kappa shape index (κ1) is 14.8. The standard InChI is InChI=1S/C16H22FNO2/c1-10(2)20-16(19)12-5-3-11(4-6-12)13-7-8-15(18)14(17)9-13/h7-12H,3-6,18H2,1-2H3/t11-,12-. The van der Waals surface area contributed by atoms with E-state index in [9.17, 15) is 9.18 Å². The van der Waals surface area contributed by atoms with Crippen molar-refractivity contribution in [1.29, 1.82) is 0 Å². The summed E-state index contributed by atoms with van der Waals surface area (Å²) in [6, 6.07) is 5.02. The van der Waals surface area contributed by atoms with Crippen LogP contribution in [0.2, 0.25) is 0 Å². The molecule has 0 unspecified atom stereocenters. The van der Waals surface area contributed by atoms with Crippen molar-refractivity contribution < 1.29 is 13.9 Å². The first-order chi connectivity index (χ1) is 9.47. The van der Waals surface area contributed by atoms with E-state index in [0.717, 1.165) is 31.2 Å². The van der Waals surface area contributed by atoms with E-state index in [1.54, 1.807) is 6.07 Å². The third-order valence-corrected chi connectivity index (χ3v) is 3.91. The summed E-state index contributed by atoms with van der Waals surface area (Å²) in [7, 11) is 0. The van der Waals surface area contributed by atoms with E-state index in [0.29, 0.717) is 5.92 Å². The molecule has 0 radical (unpaired) electrons. The van der Waals surface area contributed by atoms with Gasteiger partial charge in [0, 0.05) is 0 Å². The van der Waals surface area contributed by atoms with Gasteiger partial charge in [0.1, 0.15) is 5.82 Å². The van der Waals surface area contributed by atoms with Crippen molar-refractivity contribution in [1.82, 2.24) is 0 Å². The van der Waals surface area contributed by atoms with Gasteiger partial charge in [-0.3, -0.25) is 4.79 Å². The molecule has 2 rings (SSSR count). The zero-order valence-electron chi connectivity index (χ0n) is 12.1. The summed E-state index contributed by atoms with van der Waals surface area (Å²) in [4.78, 5) is 11.9. The van der Waals surface area contributed by atoms with Gasteiger partial charge in [0.2, 0.25) is 0 Å². The summed E-state index contributed by atoms with van der Waals surface area (Å²) in [5, 5.41) is 0. The minimum atomic E-state index is -0.358. The van der Waals surface area contributed by atoms with E-state index in [-0.39, 0.29) is 29.5 Å². The van der Waals surface area contributed by atoms with Crippen LogP contribution < -0.4 is 5.73 Å². The predicted molar refractivity (Wildman–Crippen MR) is 76.7 cm³/mol. The predicted octanol–water partition coefficient (Wildman–Crippen LogP) is 3.63. The van der Waals surface area contributed by atoms with Crippen LogP contribution >= 0.6 is 0 Å². The molecule has 0 atom stereocenters. The van der Waals surface area contributed by atoms with Gasteiger partial charge in [-0.05, 0) is 63.1 Å². The quantitative estimate of drug-likeness (QED) is 0.679. The fourth-order valence-electron chi connectivity index (χ4n) is 2.79. The van der Waals surface area contributed by atoms with Crippen molar-refractivity contribution >= 4 is 11.7 Å². The Hall–Kier alpha value is -1.58. The Balaban J connectivity index is 1.94. The second-order valence-electron chi connectivity index (χ2n) is 5.82. The molecule has 0 spiro atoms. The Morgan fingerprint density at radius 3 is 2.50 bits per heavy atom. The molecule has 1 aromatic rings. The van der Waals surface area contributed by atoms with Gasteiger partial charge in [0.25, 0.3) is 0 Å². The number of ether oxygens (including phenoxy) is 1. The van der Waals surface area contributed by atoms with Gasteiger partial charge in [-0.15, -0.1) is 0 Å². The Labute approximate surface area is 119 Å². The Morgan fingerprint density at radius 1 is 1.30 bits per heavy atom. The molecule has 0 amide bonds. The zero-order chi connectivity index (χ0) is 14.7. The Morgan fingerprint density at radius 2 is 1.95 bits per heavy atom. The van der Waals surface area contributed by atoms with E-state index in [1.165, 1.54) is 6.07 Å². The van der Waals surface area contributed by atoms with Crippen LogP contribution in [0.3, 0.4) is 0 Å². The largest absolute Gasteiger partial charge is 0.463 e. The molecule has 1 fully saturated rings. The van der Waals surface area contributed by atoms with Gasteiger partial charge in [-0.1, -0.05) is 6.07 Å². The van der Waals surface area contributed by atoms with Gasteiger partial charge in [-0.25, -0.2) is 4.39 Å². The van der Waals surface area contributed by atoms with E-state index in [4.69, 9.17) is 10.5 Å². The average Bonchev–Trinajstić information content (AvgIpc) is 2.41. The number of carbonyl (C=O) groups excluding carboxylic acids is 1. The van der Waals surface area contributed by atoms with Crippen LogP contribution in [0.15, 0.2) is 18.2 Å². The van der Waals surface area contributed by atoms with E-state index in [1.807, 2.05) is 19.9 Å². The highest BCUT2D eigenvalue weighted by molar-refractivity contribution is 5.72. The van der Waals surface area contributed by atoms with Gasteiger partial charge in [0.05, 0.1) is 17.7 Å². The lowest BCUT2D eigenvalue weighted by Crippen LogP contribution is -2.25. The summed E-state index contributed by atoms with van der Waals surface area (Å²) >= 11 is 0. The first-order valence-corrected chi connectivity index (χ1v) is 7.22. The highest BCUT2D eigenvalue weighted by Crippen LogP contribution is 2.37. The topological polar surface area (TPSA) is 52.3 Å². The molecule has 2 N–H and O–H groups in total. The second-order valence-corrected chi connectivity index (χ2v) is 5.82. The van der Waals surface area contributed by atoms with Crippen molar-refractivity contribution in [3.63, 3.8) is 0 Å². The van der Waals surface area contributed by atoms with Crippen LogP contribution in [0.5, 0.6) is 0 Å². The van der Waals surface area contributed by atoms with Crippen molar-refractivity contribution in [3.05, 3.63) is 29.6 Å². The number of hydrogen-bond acceptors (Lipinski definition) is 3. The number of benzene rings is 1. The molecule has 0 aliphatic heterocycles. The van der Waals surface area contributed by atoms with Crippen molar-refractivity contribution in [2.45, 2.75) is 51.6 Å². The monoisotopic (exact) mass is 279 g/mol. The van der Waals surface area contributed by atoms with Crippen molar-refractivity contribution in [2.24, 2.45) is 5.92 Å². The molecule has 1 aromatic carbocycles. The molecular formula is C16H22FNO2. The summed E-state index contributed by atoms with van der Waals surface area (Å²) in [6.07, 6.45) is 3.33. The van der Waals surface area contributed by atoms with Gasteiger partial charge in [0.15, 0.2) is 0 Å². The summed E-state index contributed by atoms with van der Waals surface area (Å²) in [5.41, 5.74) is 6.65. The lowest BCUT2D eigenvalue weighted by molar-refractivity contribution is -0.153. The number of nitrogens with two attached hydrogens (primary N) is 1. The highest BCUT2D eigenvalue weighted by atomic mass is 19.1. The summed E-state index contributed by atoms with van der Waals surface area (Å²) in [6.45, 7) is 3.72. The Kier molecular flexibility index (Phi) is 4.63. The number of hydrogen-bond donors (Lipinski definition) is 1. The molecule has 20 heavy (non-hydrogen) atoms. The molecule has 110 valence electrons. The summed E-state index contributed by atoms with van der Waals surface area (Å²) in [5.74, 6) is -0.147. The number of esters is 1. The minimum absolute atomic E-state index is 0.00715. The third-order valence-electron chi connectivity index (χ3n) is 3.91. The molecule has 3 nitrogen and oxygen atoms in total. The molecule has 1 aliphatic rings. The van der Waals surface area contributed by atoms with Crippen LogP contribution in [0, 0.1) is 11.7 Å². The minimum Gasteiger partial charge on any atom is -0.463 e. The number of carbonyl (C=O) groups is 1. The normalized spacial score (nSPS) is 22.8. The molecule has 1 aliphatic carbocycles. The van der Waals surface area contributed by atoms with Gasteiger partial charge >= 0.3 is 5.97 Å². The maximum atomic E-state index is 13.5. The van der Waals surface area contributed by atoms with Crippen molar-refractivity contribution in [3.8, 4) is 0 Å². The van der Waals surface area contributed by atoms with Gasteiger partial charge < -0.3 is 10.5 Å². The zero-order valence-corrected chi connectivity index (χ0v) is 12.1.